The summed E-state index contributed by atoms with van der Waals surface area (Å²) in [5.74, 6) is -6.72. The average Bonchev–Trinajstić information content (AvgIpc) is 3.71. The predicted molar refractivity (Wildman–Crippen MR) is 270 cm³/mol. The third-order valence-corrected chi connectivity index (χ3v) is 10.3. The van der Waals surface area contributed by atoms with Gasteiger partial charge in [-0.05, 0) is 42.3 Å². The van der Waals surface area contributed by atoms with E-state index in [1.807, 2.05) is 0 Å². The molecule has 27 nitrogen and oxygen atoms in total. The zero-order valence-corrected chi connectivity index (χ0v) is 42.4. The number of benzene rings is 2. The summed E-state index contributed by atoms with van der Waals surface area (Å²) >= 11 is 0. The van der Waals surface area contributed by atoms with Crippen molar-refractivity contribution in [2.45, 2.75) is 31.2 Å². The first kappa shape index (κ1) is 63.2. The van der Waals surface area contributed by atoms with E-state index in [1.54, 1.807) is 6.07 Å². The molecule has 27 heteroatoms. The lowest BCUT2D eigenvalue weighted by atomic mass is 9.90. The maximum atomic E-state index is 12.7. The van der Waals surface area contributed by atoms with Gasteiger partial charge in [0.05, 0.1) is 125 Å². The third-order valence-electron chi connectivity index (χ3n) is 10.3. The zero-order chi connectivity index (χ0) is 55.2. The van der Waals surface area contributed by atoms with E-state index in [0.717, 1.165) is 4.90 Å². The van der Waals surface area contributed by atoms with Crippen molar-refractivity contribution in [2.75, 3.05) is 138 Å². The van der Waals surface area contributed by atoms with Crippen LogP contribution in [0.3, 0.4) is 0 Å². The standard InChI is InChI=1S/C49H71N9O18/c50-46(64)45(57-41(61)34-55-47(65)36-3-1-4-37(33-36)56-49(51)52)44(48(66)67)35-5-7-38(8-6-35)76-16-2-13-53-40(60)12-17-68-19-21-70-23-25-72-27-29-74-31-32-75-30-28-73-26-24-71-22-20-69-18-14-54-39(59)11-15-58-42(62)9-10-43(58)63/h1,3-10,33,44-45H,2,11-32,34H2,(H2,50,64)(H,53,60)(H,54,59)(H,55,65)(H,57,61)(H,66,67)(H4,51,52,56). The Bertz CT molecular complexity index is 2160. The second-order valence-electron chi connectivity index (χ2n) is 16.1. The number of hydrogen-bond donors (Lipinski definition) is 8. The van der Waals surface area contributed by atoms with Gasteiger partial charge in [-0.25, -0.2) is 4.99 Å². The van der Waals surface area contributed by atoms with Crippen molar-refractivity contribution in [3.8, 4) is 5.75 Å². The first-order valence-electron chi connectivity index (χ1n) is 24.5. The molecule has 0 saturated heterocycles. The second kappa shape index (κ2) is 38.4. The highest BCUT2D eigenvalue weighted by atomic mass is 16.6. The van der Waals surface area contributed by atoms with Crippen LogP contribution >= 0.6 is 0 Å². The molecule has 0 radical (unpaired) electrons. The Morgan fingerprint density at radius 3 is 1.59 bits per heavy atom. The Kier molecular flexibility index (Phi) is 32.0. The van der Waals surface area contributed by atoms with Crippen molar-refractivity contribution in [1.29, 1.82) is 0 Å². The lowest BCUT2D eigenvalue weighted by molar-refractivity contribution is -0.142. The number of carbonyl (C=O) groups excluding carboxylic acids is 7. The van der Waals surface area contributed by atoms with Crippen molar-refractivity contribution < 1.29 is 86.1 Å². The van der Waals surface area contributed by atoms with Gasteiger partial charge >= 0.3 is 5.97 Å². The first-order chi connectivity index (χ1) is 36.7. The van der Waals surface area contributed by atoms with Crippen LogP contribution < -0.4 is 43.2 Å². The van der Waals surface area contributed by atoms with Crippen molar-refractivity contribution in [2.24, 2.45) is 22.2 Å². The van der Waals surface area contributed by atoms with Crippen LogP contribution in [0, 0.1) is 0 Å². The fourth-order valence-electron chi connectivity index (χ4n) is 6.52. The van der Waals surface area contributed by atoms with E-state index in [1.165, 1.54) is 54.6 Å². The van der Waals surface area contributed by atoms with E-state index in [0.29, 0.717) is 130 Å². The molecule has 0 saturated carbocycles. The van der Waals surface area contributed by atoms with Gasteiger partial charge in [-0.15, -0.1) is 0 Å². The van der Waals surface area contributed by atoms with Crippen LogP contribution in [0.1, 0.15) is 41.1 Å². The number of carbonyl (C=O) groups is 8. The Morgan fingerprint density at radius 1 is 0.579 bits per heavy atom. The lowest BCUT2D eigenvalue weighted by Crippen LogP contribution is -2.52. The zero-order valence-electron chi connectivity index (χ0n) is 42.4. The molecule has 2 aromatic carbocycles. The molecule has 2 unspecified atom stereocenters. The number of hydrogen-bond acceptors (Lipinski definition) is 18. The number of imide groups is 1. The highest BCUT2D eigenvalue weighted by molar-refractivity contribution is 6.13. The molecule has 0 fully saturated rings. The summed E-state index contributed by atoms with van der Waals surface area (Å²) in [5.41, 5.74) is 16.9. The van der Waals surface area contributed by atoms with Crippen LogP contribution in [0.4, 0.5) is 5.69 Å². The second-order valence-corrected chi connectivity index (χ2v) is 16.1. The quantitative estimate of drug-likeness (QED) is 0.0154. The van der Waals surface area contributed by atoms with Crippen LogP contribution in [-0.4, -0.2) is 208 Å². The molecule has 420 valence electrons. The van der Waals surface area contributed by atoms with Crippen molar-refractivity contribution in [3.63, 3.8) is 0 Å². The monoisotopic (exact) mass is 1070 g/mol. The highest BCUT2D eigenvalue weighted by Crippen LogP contribution is 2.24. The number of amides is 7. The molecule has 0 aromatic heterocycles. The molecule has 2 aromatic rings. The Balaban J connectivity index is 1.07. The Hall–Kier alpha value is -7.11. The van der Waals surface area contributed by atoms with Gasteiger partial charge < -0.3 is 86.2 Å². The number of ether oxygens (including phenoxy) is 9. The topological polar surface area (TPSA) is 382 Å². The van der Waals surface area contributed by atoms with Gasteiger partial charge in [0.1, 0.15) is 17.7 Å². The fraction of sp³-hybridized carbons (Fsp3) is 0.531. The van der Waals surface area contributed by atoms with Gasteiger partial charge in [0.25, 0.3) is 17.7 Å². The molecule has 0 aliphatic carbocycles. The van der Waals surface area contributed by atoms with Gasteiger partial charge in [0.15, 0.2) is 5.96 Å². The minimum atomic E-state index is -1.66. The summed E-state index contributed by atoms with van der Waals surface area (Å²) in [4.78, 5) is 102. The largest absolute Gasteiger partial charge is 0.494 e. The Labute approximate surface area is 439 Å². The smallest absolute Gasteiger partial charge is 0.313 e. The summed E-state index contributed by atoms with van der Waals surface area (Å²) in [6.07, 6.45) is 3.02. The first-order valence-corrected chi connectivity index (χ1v) is 24.5. The maximum Gasteiger partial charge on any atom is 0.313 e. The molecule has 3 rings (SSSR count). The van der Waals surface area contributed by atoms with Gasteiger partial charge in [-0.2, -0.15) is 0 Å². The summed E-state index contributed by atoms with van der Waals surface area (Å²) in [5, 5.41) is 20.1. The number of guanidine groups is 1. The average molecular weight is 1070 g/mol. The summed E-state index contributed by atoms with van der Waals surface area (Å²) in [6.45, 7) is 6.24. The number of nitrogens with zero attached hydrogens (tertiary/aromatic N) is 2. The van der Waals surface area contributed by atoms with Gasteiger partial charge in [0, 0.05) is 50.2 Å². The molecule has 1 aliphatic heterocycles. The lowest BCUT2D eigenvalue weighted by Gasteiger charge is -2.23. The van der Waals surface area contributed by atoms with Crippen LogP contribution in [0.15, 0.2) is 65.7 Å². The molecule has 2 atom stereocenters. The fourth-order valence-corrected chi connectivity index (χ4v) is 6.52. The number of nitrogens with one attached hydrogen (secondary N) is 4. The van der Waals surface area contributed by atoms with E-state index >= 15 is 0 Å². The van der Waals surface area contributed by atoms with Crippen LogP contribution in [0.2, 0.25) is 0 Å². The molecular weight excluding hydrogens is 1000 g/mol. The molecule has 7 amide bonds. The van der Waals surface area contributed by atoms with Crippen LogP contribution in [0.25, 0.3) is 0 Å². The van der Waals surface area contributed by atoms with Crippen LogP contribution in [0.5, 0.6) is 5.75 Å². The van der Waals surface area contributed by atoms with Crippen molar-refractivity contribution in [1.82, 2.24) is 26.2 Å². The molecule has 76 heavy (non-hydrogen) atoms. The SMILES string of the molecule is NC(=O)C(NC(=O)CNC(=O)c1cccc(N=C(N)N)c1)C(C(=O)O)c1ccc(OCCCNC(=O)CCOCCOCCOCCOCCOCCOCCOCCOCCNC(=O)CCN2C(=O)C=CC2=O)cc1. The Morgan fingerprint density at radius 2 is 1.08 bits per heavy atom. The highest BCUT2D eigenvalue weighted by Gasteiger charge is 2.35. The van der Waals surface area contributed by atoms with Gasteiger partial charge in [-0.3, -0.25) is 43.3 Å². The predicted octanol–water partition coefficient (Wildman–Crippen LogP) is -2.00. The number of primary amides is 1. The number of rotatable bonds is 44. The van der Waals surface area contributed by atoms with Crippen molar-refractivity contribution in [3.05, 3.63) is 71.8 Å². The minimum absolute atomic E-state index is 0.0295. The molecule has 0 spiro atoms. The molecule has 11 N–H and O–H groups in total. The molecule has 0 bridgehead atoms. The number of nitrogens with two attached hydrogens (primary N) is 3. The summed E-state index contributed by atoms with van der Waals surface area (Å²) in [7, 11) is 0. The summed E-state index contributed by atoms with van der Waals surface area (Å²) in [6, 6.07) is 10.1. The minimum Gasteiger partial charge on any atom is -0.494 e. The van der Waals surface area contributed by atoms with E-state index in [4.69, 9.17) is 59.8 Å². The number of aliphatic imine (C=N–C) groups is 1. The van der Waals surface area contributed by atoms with E-state index < -0.39 is 54.0 Å². The van der Waals surface area contributed by atoms with Crippen molar-refractivity contribution >= 4 is 59.0 Å². The number of carboxylic acids is 1. The van der Waals surface area contributed by atoms with Gasteiger partial charge in [-0.1, -0.05) is 18.2 Å². The molecule has 1 aliphatic rings. The van der Waals surface area contributed by atoms with E-state index in [2.05, 4.69) is 26.3 Å². The maximum absolute atomic E-state index is 12.7. The number of aliphatic carboxylic acids is 1. The normalized spacial score (nSPS) is 12.7. The molecule has 1 heterocycles. The summed E-state index contributed by atoms with van der Waals surface area (Å²) < 4.78 is 49.4. The third kappa shape index (κ3) is 28.0. The molecular formula is C49H71N9O18. The van der Waals surface area contributed by atoms with Crippen LogP contribution in [-0.2, 0) is 71.5 Å². The van der Waals surface area contributed by atoms with E-state index in [-0.39, 0.29) is 61.5 Å². The van der Waals surface area contributed by atoms with E-state index in [9.17, 15) is 43.5 Å². The number of carboxylic acid groups (broad SMARTS) is 1. The van der Waals surface area contributed by atoms with Gasteiger partial charge in [0.2, 0.25) is 23.6 Å².